The van der Waals surface area contributed by atoms with Crippen LogP contribution in [0.5, 0.6) is 5.88 Å². The van der Waals surface area contributed by atoms with Crippen molar-refractivity contribution in [3.05, 3.63) is 52.2 Å². The second-order valence-corrected chi connectivity index (χ2v) is 8.74. The van der Waals surface area contributed by atoms with Crippen LogP contribution in [0.1, 0.15) is 58.4 Å². The fourth-order valence-electron chi connectivity index (χ4n) is 4.99. The van der Waals surface area contributed by atoms with Crippen molar-refractivity contribution in [2.45, 2.75) is 39.5 Å². The number of methoxy groups -OCH3 is 1. The van der Waals surface area contributed by atoms with Crippen molar-refractivity contribution in [1.82, 2.24) is 15.1 Å². The number of rotatable bonds is 3. The molecule has 4 rings (SSSR count). The predicted octanol–water partition coefficient (Wildman–Crippen LogP) is 2.63. The number of nitrogens with zero attached hydrogens (tertiary/aromatic N) is 3. The average molecular weight is 431 g/mol. The van der Waals surface area contributed by atoms with E-state index in [9.17, 15) is 14.4 Å². The number of benzene rings is 1. The summed E-state index contributed by atoms with van der Waals surface area (Å²) in [6, 6.07) is 7.01. The molecule has 0 unspecified atom stereocenters. The first-order valence-corrected chi connectivity index (χ1v) is 10.5. The van der Waals surface area contributed by atoms with E-state index < -0.39 is 11.3 Å². The monoisotopic (exact) mass is 431 g/mol. The molecule has 0 atom stereocenters. The maximum Gasteiger partial charge on any atom is 0.274 e. The number of hydrogen-bond donors (Lipinski definition) is 0. The van der Waals surface area contributed by atoms with Crippen molar-refractivity contribution >= 4 is 17.5 Å². The molecule has 1 aromatic carbocycles. The van der Waals surface area contributed by atoms with E-state index in [1.165, 1.54) is 7.11 Å². The molecule has 0 radical (unpaired) electrons. The molecule has 7 nitrogen and oxygen atoms in total. The van der Waals surface area contributed by atoms with Crippen LogP contribution in [0.15, 0.2) is 24.3 Å². The normalized spacial score (nSPS) is 17.6. The quantitative estimate of drug-likeness (QED) is 0.548. The number of Topliss-reactive ketones (excluding diaryl/α,β-unsaturated/α-hetero) is 2. The van der Waals surface area contributed by atoms with Crippen LogP contribution in [0.4, 0.5) is 0 Å². The van der Waals surface area contributed by atoms with Gasteiger partial charge in [-0.25, -0.2) is 0 Å². The highest BCUT2D eigenvalue weighted by Crippen LogP contribution is 2.46. The number of carbonyl (C=O) groups is 3. The van der Waals surface area contributed by atoms with Gasteiger partial charge in [0, 0.05) is 43.0 Å². The first-order chi connectivity index (χ1) is 15.3. The zero-order valence-electron chi connectivity index (χ0n) is 18.7. The molecule has 7 heteroatoms. The smallest absolute Gasteiger partial charge is 0.274 e. The van der Waals surface area contributed by atoms with E-state index in [1.54, 1.807) is 24.0 Å². The molecule has 1 saturated carbocycles. The molecule has 1 spiro atoms. The van der Waals surface area contributed by atoms with Gasteiger partial charge in [-0.05, 0) is 55.7 Å². The molecule has 1 amide bonds. The SMILES string of the molecule is CC#Cc1cc(C)c(C2C(=O)CC3(CC2=O)CN(C(=O)c2ccc(OC)nn2)C3)c(C)c1. The van der Waals surface area contributed by atoms with Crippen molar-refractivity contribution in [2.75, 3.05) is 20.2 Å². The Morgan fingerprint density at radius 2 is 1.72 bits per heavy atom. The molecule has 164 valence electrons. The summed E-state index contributed by atoms with van der Waals surface area (Å²) in [5.41, 5.74) is 3.25. The zero-order chi connectivity index (χ0) is 23.0. The molecule has 2 fully saturated rings. The maximum absolute atomic E-state index is 13.2. The number of amides is 1. The van der Waals surface area contributed by atoms with Gasteiger partial charge < -0.3 is 9.64 Å². The lowest BCUT2D eigenvalue weighted by Crippen LogP contribution is -2.62. The second kappa shape index (κ2) is 8.19. The summed E-state index contributed by atoms with van der Waals surface area (Å²) in [4.78, 5) is 40.6. The second-order valence-electron chi connectivity index (χ2n) is 8.74. The molecule has 1 aliphatic heterocycles. The molecule has 1 aromatic heterocycles. The van der Waals surface area contributed by atoms with E-state index in [0.29, 0.717) is 19.0 Å². The van der Waals surface area contributed by atoms with Crippen LogP contribution in [0.3, 0.4) is 0 Å². The Bertz CT molecular complexity index is 1120. The third-order valence-electron chi connectivity index (χ3n) is 6.30. The minimum absolute atomic E-state index is 0.0712. The molecule has 0 bridgehead atoms. The van der Waals surface area contributed by atoms with Crippen molar-refractivity contribution < 1.29 is 19.1 Å². The Kier molecular flexibility index (Phi) is 5.55. The predicted molar refractivity (Wildman–Crippen MR) is 117 cm³/mol. The highest BCUT2D eigenvalue weighted by atomic mass is 16.5. The molecular weight excluding hydrogens is 406 g/mol. The van der Waals surface area contributed by atoms with Crippen molar-refractivity contribution in [3.8, 4) is 17.7 Å². The number of carbonyl (C=O) groups excluding carboxylic acids is 3. The summed E-state index contributed by atoms with van der Waals surface area (Å²) in [5, 5.41) is 7.73. The minimum atomic E-state index is -0.735. The van der Waals surface area contributed by atoms with Gasteiger partial charge in [-0.2, -0.15) is 0 Å². The van der Waals surface area contributed by atoms with Gasteiger partial charge in [0.2, 0.25) is 5.88 Å². The topological polar surface area (TPSA) is 89.5 Å². The minimum Gasteiger partial charge on any atom is -0.480 e. The summed E-state index contributed by atoms with van der Waals surface area (Å²) in [5.74, 6) is 5.11. The average Bonchev–Trinajstić information content (AvgIpc) is 2.73. The number of aryl methyl sites for hydroxylation is 2. The lowest BCUT2D eigenvalue weighted by atomic mass is 9.63. The zero-order valence-corrected chi connectivity index (χ0v) is 18.7. The molecule has 1 saturated heterocycles. The number of aromatic nitrogens is 2. The van der Waals surface area contributed by atoms with Crippen LogP contribution >= 0.6 is 0 Å². The number of ketones is 2. The third-order valence-corrected chi connectivity index (χ3v) is 6.30. The van der Waals surface area contributed by atoms with Gasteiger partial charge in [0.1, 0.15) is 17.5 Å². The van der Waals surface area contributed by atoms with Crippen LogP contribution in [-0.2, 0) is 9.59 Å². The Balaban J connectivity index is 1.48. The number of ether oxygens (including phenoxy) is 1. The van der Waals surface area contributed by atoms with Crippen molar-refractivity contribution in [2.24, 2.45) is 5.41 Å². The summed E-state index contributed by atoms with van der Waals surface area (Å²) < 4.78 is 4.97. The Labute approximate surface area is 187 Å². The molecule has 2 heterocycles. The Hall–Kier alpha value is -3.53. The van der Waals surface area contributed by atoms with E-state index in [4.69, 9.17) is 4.74 Å². The summed E-state index contributed by atoms with van der Waals surface area (Å²) in [6.07, 6.45) is 0.577. The molecule has 2 aromatic rings. The van der Waals surface area contributed by atoms with Crippen LogP contribution in [-0.4, -0.2) is 52.8 Å². The highest BCUT2D eigenvalue weighted by molar-refractivity contribution is 6.11. The first-order valence-electron chi connectivity index (χ1n) is 10.5. The van der Waals surface area contributed by atoms with Gasteiger partial charge in [0.05, 0.1) is 7.11 Å². The lowest BCUT2D eigenvalue weighted by molar-refractivity contribution is -0.141. The van der Waals surface area contributed by atoms with E-state index in [0.717, 1.165) is 22.3 Å². The molecule has 2 aliphatic rings. The largest absolute Gasteiger partial charge is 0.480 e. The summed E-state index contributed by atoms with van der Waals surface area (Å²) in [6.45, 7) is 6.36. The van der Waals surface area contributed by atoms with Crippen LogP contribution < -0.4 is 4.74 Å². The molecule has 0 N–H and O–H groups in total. The van der Waals surface area contributed by atoms with Crippen LogP contribution in [0, 0.1) is 31.1 Å². The first kappa shape index (κ1) is 21.7. The standard InChI is InChI=1S/C25H25N3O4/c1-5-6-17-9-15(2)22(16(3)10-17)23-19(29)11-25(12-20(23)30)13-28(14-25)24(31)18-7-8-21(32-4)27-26-18/h7-10,23H,11-14H2,1-4H3. The van der Waals surface area contributed by atoms with Gasteiger partial charge in [-0.1, -0.05) is 5.92 Å². The van der Waals surface area contributed by atoms with E-state index in [2.05, 4.69) is 22.0 Å². The summed E-state index contributed by atoms with van der Waals surface area (Å²) >= 11 is 0. The van der Waals surface area contributed by atoms with Gasteiger partial charge >= 0.3 is 0 Å². The Morgan fingerprint density at radius 1 is 1.09 bits per heavy atom. The van der Waals surface area contributed by atoms with E-state index >= 15 is 0 Å². The highest BCUT2D eigenvalue weighted by Gasteiger charge is 2.53. The van der Waals surface area contributed by atoms with Gasteiger partial charge in [0.15, 0.2) is 5.69 Å². The fraction of sp³-hybridized carbons (Fsp3) is 0.400. The number of likely N-dealkylation sites (tertiary alicyclic amines) is 1. The fourth-order valence-corrected chi connectivity index (χ4v) is 4.99. The van der Waals surface area contributed by atoms with Crippen LogP contribution in [0.2, 0.25) is 0 Å². The Morgan fingerprint density at radius 3 is 2.22 bits per heavy atom. The molecular formula is C25H25N3O4. The van der Waals surface area contributed by atoms with E-state index in [1.807, 2.05) is 26.0 Å². The molecule has 1 aliphatic carbocycles. The van der Waals surface area contributed by atoms with Gasteiger partial charge in [-0.3, -0.25) is 14.4 Å². The van der Waals surface area contributed by atoms with Gasteiger partial charge in [-0.15, -0.1) is 16.1 Å². The molecule has 32 heavy (non-hydrogen) atoms. The van der Waals surface area contributed by atoms with Crippen LogP contribution in [0.25, 0.3) is 0 Å². The van der Waals surface area contributed by atoms with Crippen molar-refractivity contribution in [1.29, 1.82) is 0 Å². The third kappa shape index (κ3) is 3.77. The van der Waals surface area contributed by atoms with E-state index in [-0.39, 0.29) is 36.0 Å². The number of hydrogen-bond acceptors (Lipinski definition) is 6. The van der Waals surface area contributed by atoms with Gasteiger partial charge in [0.25, 0.3) is 5.91 Å². The maximum atomic E-state index is 13.2. The lowest BCUT2D eigenvalue weighted by Gasteiger charge is -2.52. The van der Waals surface area contributed by atoms with Crippen molar-refractivity contribution in [3.63, 3.8) is 0 Å². The summed E-state index contributed by atoms with van der Waals surface area (Å²) in [7, 11) is 1.48.